The monoisotopic (exact) mass is 385 g/mol. The van der Waals surface area contributed by atoms with Crippen LogP contribution >= 0.6 is 0 Å². The van der Waals surface area contributed by atoms with Gasteiger partial charge in [-0.15, -0.1) is 10.2 Å². The van der Waals surface area contributed by atoms with E-state index in [1.165, 1.54) is 19.2 Å². The SMILES string of the molecule is COc1ccc(/N=N/c2cc(C(C)(C)C)cc(C(C)(C)C)c2O)c([N+](=O)[O-])c1. The Morgan fingerprint density at radius 1 is 0.964 bits per heavy atom. The van der Waals surface area contributed by atoms with Crippen molar-refractivity contribution in [2.45, 2.75) is 52.4 Å². The molecule has 1 N–H and O–H groups in total. The third-order valence-electron chi connectivity index (χ3n) is 4.41. The van der Waals surface area contributed by atoms with Crippen molar-refractivity contribution in [1.82, 2.24) is 0 Å². The summed E-state index contributed by atoms with van der Waals surface area (Å²) in [6.45, 7) is 12.2. The lowest BCUT2D eigenvalue weighted by Crippen LogP contribution is -2.16. The summed E-state index contributed by atoms with van der Waals surface area (Å²) in [5, 5.41) is 30.3. The molecule has 0 heterocycles. The molecule has 2 aromatic carbocycles. The molecule has 0 aliphatic heterocycles. The van der Waals surface area contributed by atoms with E-state index in [9.17, 15) is 15.2 Å². The molecule has 150 valence electrons. The number of phenolic OH excluding ortho intramolecular Hbond substituents is 1. The molecular formula is C21H27N3O4. The summed E-state index contributed by atoms with van der Waals surface area (Å²) in [5.74, 6) is 0.388. The van der Waals surface area contributed by atoms with Crippen LogP contribution in [0.3, 0.4) is 0 Å². The average Bonchev–Trinajstić information content (AvgIpc) is 2.58. The Morgan fingerprint density at radius 3 is 2.07 bits per heavy atom. The van der Waals surface area contributed by atoms with E-state index in [2.05, 4.69) is 31.0 Å². The summed E-state index contributed by atoms with van der Waals surface area (Å²) in [6.07, 6.45) is 0. The predicted octanol–water partition coefficient (Wildman–Crippen LogP) is 6.32. The van der Waals surface area contributed by atoms with Gasteiger partial charge in [-0.3, -0.25) is 10.1 Å². The van der Waals surface area contributed by atoms with Crippen LogP contribution in [0.1, 0.15) is 52.7 Å². The number of rotatable bonds is 4. The van der Waals surface area contributed by atoms with E-state index in [-0.39, 0.29) is 33.6 Å². The van der Waals surface area contributed by atoms with E-state index in [1.54, 1.807) is 12.1 Å². The van der Waals surface area contributed by atoms with Crippen LogP contribution in [0, 0.1) is 10.1 Å². The predicted molar refractivity (Wildman–Crippen MR) is 109 cm³/mol. The molecule has 0 atom stereocenters. The molecular weight excluding hydrogens is 358 g/mol. The Kier molecular flexibility index (Phi) is 5.77. The summed E-state index contributed by atoms with van der Waals surface area (Å²) < 4.78 is 5.03. The number of phenols is 1. The van der Waals surface area contributed by atoms with Gasteiger partial charge in [0.25, 0.3) is 5.69 Å². The summed E-state index contributed by atoms with van der Waals surface area (Å²) >= 11 is 0. The second-order valence-electron chi connectivity index (χ2n) is 8.70. The van der Waals surface area contributed by atoms with Crippen molar-refractivity contribution < 1.29 is 14.8 Å². The van der Waals surface area contributed by atoms with Crippen LogP contribution in [-0.4, -0.2) is 17.1 Å². The molecule has 2 aromatic rings. The Morgan fingerprint density at radius 2 is 1.57 bits per heavy atom. The summed E-state index contributed by atoms with van der Waals surface area (Å²) in [5.41, 5.74) is 1.43. The number of methoxy groups -OCH3 is 1. The van der Waals surface area contributed by atoms with Crippen molar-refractivity contribution in [3.05, 3.63) is 51.6 Å². The number of nitro groups is 1. The number of azo groups is 1. The Balaban J connectivity index is 2.62. The quantitative estimate of drug-likeness (QED) is 0.378. The van der Waals surface area contributed by atoms with Gasteiger partial charge in [0.15, 0.2) is 5.69 Å². The molecule has 28 heavy (non-hydrogen) atoms. The van der Waals surface area contributed by atoms with Crippen LogP contribution in [0.5, 0.6) is 11.5 Å². The van der Waals surface area contributed by atoms with Gasteiger partial charge in [0, 0.05) is 5.56 Å². The highest BCUT2D eigenvalue weighted by atomic mass is 16.6. The minimum atomic E-state index is -0.539. The van der Waals surface area contributed by atoms with Crippen molar-refractivity contribution in [3.63, 3.8) is 0 Å². The first-order valence-corrected chi connectivity index (χ1v) is 8.96. The highest BCUT2D eigenvalue weighted by Crippen LogP contribution is 2.42. The molecule has 0 amide bonds. The van der Waals surface area contributed by atoms with Crippen LogP contribution in [-0.2, 0) is 10.8 Å². The lowest BCUT2D eigenvalue weighted by molar-refractivity contribution is -0.384. The maximum atomic E-state index is 11.3. The van der Waals surface area contributed by atoms with E-state index in [4.69, 9.17) is 4.74 Å². The van der Waals surface area contributed by atoms with E-state index in [0.717, 1.165) is 11.1 Å². The summed E-state index contributed by atoms with van der Waals surface area (Å²) in [6, 6.07) is 8.08. The highest BCUT2D eigenvalue weighted by Gasteiger charge is 2.25. The lowest BCUT2D eigenvalue weighted by Gasteiger charge is -2.26. The molecule has 2 rings (SSSR count). The zero-order chi connectivity index (χ0) is 21.3. The average molecular weight is 385 g/mol. The number of hydrogen-bond donors (Lipinski definition) is 1. The highest BCUT2D eigenvalue weighted by molar-refractivity contribution is 5.62. The normalized spacial score (nSPS) is 12.4. The molecule has 0 unspecified atom stereocenters. The first kappa shape index (κ1) is 21.3. The van der Waals surface area contributed by atoms with Crippen LogP contribution < -0.4 is 4.74 Å². The standard InChI is InChI=1S/C21H27N3O4/c1-20(2,3)13-10-15(21(4,5)6)19(25)17(11-13)23-22-16-9-8-14(28-7)12-18(16)24(26)27/h8-12,25H,1-7H3/b23-22+. The zero-order valence-corrected chi connectivity index (χ0v) is 17.4. The van der Waals surface area contributed by atoms with E-state index >= 15 is 0 Å². The fourth-order valence-electron chi connectivity index (χ4n) is 2.67. The van der Waals surface area contributed by atoms with Gasteiger partial charge in [0.1, 0.15) is 17.2 Å². The van der Waals surface area contributed by atoms with Gasteiger partial charge in [-0.2, -0.15) is 0 Å². The number of nitro benzene ring substituents is 1. The maximum Gasteiger partial charge on any atom is 0.300 e. The smallest absolute Gasteiger partial charge is 0.300 e. The van der Waals surface area contributed by atoms with Gasteiger partial charge in [-0.25, -0.2) is 0 Å². The second-order valence-corrected chi connectivity index (χ2v) is 8.70. The lowest BCUT2D eigenvalue weighted by atomic mass is 9.80. The fourth-order valence-corrected chi connectivity index (χ4v) is 2.67. The molecule has 0 radical (unpaired) electrons. The first-order valence-electron chi connectivity index (χ1n) is 8.96. The Labute approximate surface area is 165 Å². The fraction of sp³-hybridized carbons (Fsp3) is 0.429. The van der Waals surface area contributed by atoms with Crippen LogP contribution in [0.2, 0.25) is 0 Å². The third-order valence-corrected chi connectivity index (χ3v) is 4.41. The Hall–Kier alpha value is -2.96. The molecule has 7 nitrogen and oxygen atoms in total. The van der Waals surface area contributed by atoms with Gasteiger partial charge < -0.3 is 9.84 Å². The van der Waals surface area contributed by atoms with Gasteiger partial charge in [0.05, 0.1) is 18.1 Å². The van der Waals surface area contributed by atoms with E-state index < -0.39 is 4.92 Å². The molecule has 0 saturated carbocycles. The van der Waals surface area contributed by atoms with Crippen LogP contribution in [0.15, 0.2) is 40.6 Å². The minimum Gasteiger partial charge on any atom is -0.505 e. The molecule has 0 saturated heterocycles. The molecule has 0 aromatic heterocycles. The third kappa shape index (κ3) is 4.65. The molecule has 0 aliphatic rings. The number of aromatic hydroxyl groups is 1. The molecule has 0 aliphatic carbocycles. The Bertz CT molecular complexity index is 922. The first-order chi connectivity index (χ1) is 12.8. The van der Waals surface area contributed by atoms with Crippen molar-refractivity contribution in [3.8, 4) is 11.5 Å². The van der Waals surface area contributed by atoms with Crippen LogP contribution in [0.25, 0.3) is 0 Å². The van der Waals surface area contributed by atoms with Crippen LogP contribution in [0.4, 0.5) is 17.1 Å². The largest absolute Gasteiger partial charge is 0.505 e. The topological polar surface area (TPSA) is 97.3 Å². The van der Waals surface area contributed by atoms with Crippen molar-refractivity contribution in [2.75, 3.05) is 7.11 Å². The number of nitrogens with zero attached hydrogens (tertiary/aromatic N) is 3. The molecule has 0 bridgehead atoms. The number of ether oxygens (including phenoxy) is 1. The van der Waals surface area contributed by atoms with Crippen molar-refractivity contribution >= 4 is 17.1 Å². The second kappa shape index (κ2) is 7.58. The minimum absolute atomic E-state index is 0.0282. The van der Waals surface area contributed by atoms with Gasteiger partial charge in [0.2, 0.25) is 0 Å². The number of benzene rings is 2. The summed E-state index contributed by atoms with van der Waals surface area (Å²) in [4.78, 5) is 10.8. The molecule has 0 spiro atoms. The van der Waals surface area contributed by atoms with E-state index in [0.29, 0.717) is 5.75 Å². The van der Waals surface area contributed by atoms with Crippen molar-refractivity contribution in [1.29, 1.82) is 0 Å². The van der Waals surface area contributed by atoms with E-state index in [1.807, 2.05) is 26.8 Å². The van der Waals surface area contributed by atoms with Crippen molar-refractivity contribution in [2.24, 2.45) is 10.2 Å². The number of hydrogen-bond acceptors (Lipinski definition) is 6. The maximum absolute atomic E-state index is 11.3. The summed E-state index contributed by atoms with van der Waals surface area (Å²) in [7, 11) is 1.43. The molecule has 0 fully saturated rings. The zero-order valence-electron chi connectivity index (χ0n) is 17.4. The van der Waals surface area contributed by atoms with Gasteiger partial charge >= 0.3 is 0 Å². The van der Waals surface area contributed by atoms with Gasteiger partial charge in [-0.05, 0) is 34.6 Å². The molecule has 7 heteroatoms. The van der Waals surface area contributed by atoms with Gasteiger partial charge in [-0.1, -0.05) is 47.6 Å².